The minimum absolute atomic E-state index is 0.0332. The van der Waals surface area contributed by atoms with Crippen LogP contribution in [0.4, 0.5) is 10.1 Å². The summed E-state index contributed by atoms with van der Waals surface area (Å²) in [4.78, 5) is 16.5. The highest BCUT2D eigenvalue weighted by Crippen LogP contribution is 2.32. The van der Waals surface area contributed by atoms with Crippen LogP contribution >= 0.6 is 11.6 Å². The van der Waals surface area contributed by atoms with Crippen molar-refractivity contribution < 1.29 is 17.6 Å². The molecule has 2 aliphatic rings. The average Bonchev–Trinajstić information content (AvgIpc) is 2.96. The Morgan fingerprint density at radius 1 is 1.07 bits per heavy atom. The Hall–Kier alpha value is -1.96. The van der Waals surface area contributed by atoms with Crippen molar-refractivity contribution in [3.05, 3.63) is 64.9 Å². The molecule has 0 aliphatic carbocycles. The van der Waals surface area contributed by atoms with Gasteiger partial charge in [0.15, 0.2) is 9.84 Å². The molecule has 2 heterocycles. The molecule has 0 radical (unpaired) electrons. The summed E-state index contributed by atoms with van der Waals surface area (Å²) >= 11 is 6.07. The number of benzene rings is 2. The fraction of sp³-hybridized carbons (Fsp3) is 0.350. The molecule has 1 amide bonds. The molecule has 0 N–H and O–H groups in total. The Balaban J connectivity index is 1.58. The molecule has 2 aromatic carbocycles. The van der Waals surface area contributed by atoms with Gasteiger partial charge in [-0.2, -0.15) is 0 Å². The maximum absolute atomic E-state index is 13.1. The Morgan fingerprint density at radius 3 is 2.50 bits per heavy atom. The Labute approximate surface area is 168 Å². The molecule has 2 atom stereocenters. The van der Waals surface area contributed by atoms with Crippen LogP contribution in [0.25, 0.3) is 0 Å². The molecule has 8 heteroatoms. The minimum atomic E-state index is -3.24. The lowest BCUT2D eigenvalue weighted by molar-refractivity contribution is -0.123. The third-order valence-electron chi connectivity index (χ3n) is 5.39. The van der Waals surface area contributed by atoms with Crippen LogP contribution in [-0.4, -0.2) is 55.9 Å². The van der Waals surface area contributed by atoms with Crippen molar-refractivity contribution in [2.75, 3.05) is 29.5 Å². The largest absolute Gasteiger partial charge is 0.306 e. The topological polar surface area (TPSA) is 57.7 Å². The molecule has 2 aliphatic heterocycles. The second-order valence-corrected chi connectivity index (χ2v) is 9.89. The standard InChI is InChI=1S/C20H20ClFN2O3S/c21-15-2-1-3-17(10-15)24-19-13-28(26,27)12-18(19)23(11-20(24)25)9-8-14-4-6-16(22)7-5-14/h1-7,10,18-19H,8-9,11-13H2/t18-,19-/m0/s1. The predicted octanol–water partition coefficient (Wildman–Crippen LogP) is 2.54. The van der Waals surface area contributed by atoms with Gasteiger partial charge in [-0.05, 0) is 42.3 Å². The number of halogens is 2. The number of amides is 1. The first-order chi connectivity index (χ1) is 13.3. The fourth-order valence-electron chi connectivity index (χ4n) is 4.09. The normalized spacial score (nSPS) is 24.4. The third-order valence-corrected chi connectivity index (χ3v) is 7.32. The summed E-state index contributed by atoms with van der Waals surface area (Å²) in [5.41, 5.74) is 1.58. The lowest BCUT2D eigenvalue weighted by Crippen LogP contribution is -2.62. The maximum atomic E-state index is 13.1. The number of anilines is 1. The second-order valence-electron chi connectivity index (χ2n) is 7.30. The summed E-state index contributed by atoms with van der Waals surface area (Å²) < 4.78 is 37.8. The van der Waals surface area contributed by atoms with Gasteiger partial charge in [0.2, 0.25) is 5.91 Å². The van der Waals surface area contributed by atoms with E-state index in [-0.39, 0.29) is 35.8 Å². The zero-order chi connectivity index (χ0) is 19.9. The Kier molecular flexibility index (Phi) is 5.16. The molecule has 0 spiro atoms. The molecule has 5 nitrogen and oxygen atoms in total. The van der Waals surface area contributed by atoms with Crippen molar-refractivity contribution >= 4 is 33.0 Å². The summed E-state index contributed by atoms with van der Waals surface area (Å²) in [6.45, 7) is 0.682. The molecule has 0 aromatic heterocycles. The van der Waals surface area contributed by atoms with E-state index in [0.717, 1.165) is 5.56 Å². The monoisotopic (exact) mass is 422 g/mol. The number of nitrogens with zero attached hydrogens (tertiary/aromatic N) is 2. The van der Waals surface area contributed by atoms with E-state index in [0.29, 0.717) is 23.7 Å². The van der Waals surface area contributed by atoms with E-state index < -0.39 is 15.9 Å². The van der Waals surface area contributed by atoms with E-state index in [1.807, 2.05) is 4.90 Å². The summed E-state index contributed by atoms with van der Waals surface area (Å²) in [6.07, 6.45) is 0.619. The summed E-state index contributed by atoms with van der Waals surface area (Å²) in [5, 5.41) is 0.501. The summed E-state index contributed by atoms with van der Waals surface area (Å²) in [6, 6.07) is 12.5. The van der Waals surface area contributed by atoms with Crippen LogP contribution in [-0.2, 0) is 21.1 Å². The number of rotatable bonds is 4. The van der Waals surface area contributed by atoms with Crippen LogP contribution in [0.2, 0.25) is 5.02 Å². The second kappa shape index (κ2) is 7.46. The smallest absolute Gasteiger partial charge is 0.241 e. The van der Waals surface area contributed by atoms with Gasteiger partial charge in [0.05, 0.1) is 24.1 Å². The zero-order valence-corrected chi connectivity index (χ0v) is 16.7. The number of piperazine rings is 1. The number of hydrogen-bond donors (Lipinski definition) is 0. The number of sulfone groups is 1. The summed E-state index contributed by atoms with van der Waals surface area (Å²) in [5.74, 6) is -0.454. The lowest BCUT2D eigenvalue weighted by atomic mass is 10.0. The zero-order valence-electron chi connectivity index (χ0n) is 15.1. The van der Waals surface area contributed by atoms with Crippen molar-refractivity contribution in [2.24, 2.45) is 0 Å². The van der Waals surface area contributed by atoms with E-state index in [2.05, 4.69) is 0 Å². The molecule has 2 aromatic rings. The highest BCUT2D eigenvalue weighted by Gasteiger charge is 2.49. The molecule has 2 saturated heterocycles. The molecule has 0 saturated carbocycles. The fourth-order valence-corrected chi connectivity index (χ4v) is 6.25. The number of hydrogen-bond acceptors (Lipinski definition) is 4. The first-order valence-corrected chi connectivity index (χ1v) is 11.3. The Morgan fingerprint density at radius 2 is 1.79 bits per heavy atom. The van der Waals surface area contributed by atoms with Crippen molar-refractivity contribution in [1.29, 1.82) is 0 Å². The van der Waals surface area contributed by atoms with Gasteiger partial charge in [0.1, 0.15) is 5.82 Å². The van der Waals surface area contributed by atoms with Gasteiger partial charge in [0.25, 0.3) is 0 Å². The predicted molar refractivity (Wildman–Crippen MR) is 107 cm³/mol. The maximum Gasteiger partial charge on any atom is 0.241 e. The van der Waals surface area contributed by atoms with Crippen LogP contribution in [0.5, 0.6) is 0 Å². The van der Waals surface area contributed by atoms with Crippen LogP contribution in [0.3, 0.4) is 0 Å². The number of fused-ring (bicyclic) bond motifs is 1. The highest BCUT2D eigenvalue weighted by molar-refractivity contribution is 7.91. The van der Waals surface area contributed by atoms with E-state index >= 15 is 0 Å². The first kappa shape index (κ1) is 19.4. The van der Waals surface area contributed by atoms with Gasteiger partial charge < -0.3 is 4.90 Å². The molecule has 148 valence electrons. The van der Waals surface area contributed by atoms with Gasteiger partial charge in [-0.1, -0.05) is 29.8 Å². The van der Waals surface area contributed by atoms with Gasteiger partial charge in [0, 0.05) is 23.3 Å². The van der Waals surface area contributed by atoms with E-state index in [1.165, 1.54) is 12.1 Å². The van der Waals surface area contributed by atoms with Crippen LogP contribution in [0.15, 0.2) is 48.5 Å². The average molecular weight is 423 g/mol. The van der Waals surface area contributed by atoms with E-state index in [1.54, 1.807) is 41.3 Å². The van der Waals surface area contributed by atoms with Crippen molar-refractivity contribution in [1.82, 2.24) is 4.90 Å². The van der Waals surface area contributed by atoms with Gasteiger partial charge in [-0.3, -0.25) is 9.69 Å². The molecule has 4 rings (SSSR count). The molecule has 28 heavy (non-hydrogen) atoms. The van der Waals surface area contributed by atoms with E-state index in [4.69, 9.17) is 11.6 Å². The SMILES string of the molecule is O=C1CN(CCc2ccc(F)cc2)[C@H]2CS(=O)(=O)C[C@@H]2N1c1cccc(Cl)c1. The van der Waals surface area contributed by atoms with Gasteiger partial charge in [-0.25, -0.2) is 12.8 Å². The van der Waals surface area contributed by atoms with Gasteiger partial charge in [-0.15, -0.1) is 0 Å². The molecule has 2 fully saturated rings. The highest BCUT2D eigenvalue weighted by atomic mass is 35.5. The minimum Gasteiger partial charge on any atom is -0.306 e. The van der Waals surface area contributed by atoms with Crippen LogP contribution in [0, 0.1) is 5.82 Å². The van der Waals surface area contributed by atoms with Gasteiger partial charge >= 0.3 is 0 Å². The number of carbonyl (C=O) groups excluding carboxylic acids is 1. The Bertz CT molecular complexity index is 997. The van der Waals surface area contributed by atoms with E-state index in [9.17, 15) is 17.6 Å². The molecular formula is C20H20ClFN2O3S. The quantitative estimate of drug-likeness (QED) is 0.759. The first-order valence-electron chi connectivity index (χ1n) is 9.09. The third kappa shape index (κ3) is 3.92. The molecule has 0 unspecified atom stereocenters. The van der Waals surface area contributed by atoms with Crippen LogP contribution < -0.4 is 4.90 Å². The molecular weight excluding hydrogens is 403 g/mol. The number of carbonyl (C=O) groups is 1. The molecule has 0 bridgehead atoms. The van der Waals surface area contributed by atoms with Crippen LogP contribution in [0.1, 0.15) is 5.56 Å². The van der Waals surface area contributed by atoms with Crippen molar-refractivity contribution in [3.63, 3.8) is 0 Å². The lowest BCUT2D eigenvalue weighted by Gasteiger charge is -2.43. The van der Waals surface area contributed by atoms with Crippen molar-refractivity contribution in [2.45, 2.75) is 18.5 Å². The summed E-state index contributed by atoms with van der Waals surface area (Å²) in [7, 11) is -3.24. The van der Waals surface area contributed by atoms with Crippen molar-refractivity contribution in [3.8, 4) is 0 Å².